The Bertz CT molecular complexity index is 120. The van der Waals surface area contributed by atoms with Crippen LogP contribution in [0.5, 0.6) is 0 Å². The Balaban J connectivity index is 2.33. The Morgan fingerprint density at radius 3 is 3.00 bits per heavy atom. The van der Waals surface area contributed by atoms with E-state index in [1.54, 1.807) is 0 Å². The molecule has 1 fully saturated rings. The molecule has 1 rings (SSSR count). The topological polar surface area (TPSA) is 52.9 Å². The van der Waals surface area contributed by atoms with Crippen LogP contribution in [0.15, 0.2) is 0 Å². The van der Waals surface area contributed by atoms with Crippen LogP contribution in [0, 0.1) is 0 Å². The van der Waals surface area contributed by atoms with Crippen molar-refractivity contribution in [1.82, 2.24) is 4.90 Å². The molecule has 0 aliphatic carbocycles. The van der Waals surface area contributed by atoms with Crippen LogP contribution < -0.4 is 0 Å². The first-order valence-corrected chi connectivity index (χ1v) is 3.83. The summed E-state index contributed by atoms with van der Waals surface area (Å²) in [5.41, 5.74) is 0. The van der Waals surface area contributed by atoms with E-state index in [-0.39, 0.29) is 12.7 Å². The van der Waals surface area contributed by atoms with E-state index >= 15 is 0 Å². The number of nitrogens with zero attached hydrogens (tertiary/aromatic N) is 1. The van der Waals surface area contributed by atoms with E-state index in [2.05, 4.69) is 4.90 Å². The summed E-state index contributed by atoms with van der Waals surface area (Å²) in [5, 5.41) is 17.8. The van der Waals surface area contributed by atoms with Gasteiger partial charge in [0.05, 0.1) is 19.3 Å². The van der Waals surface area contributed by atoms with Crippen molar-refractivity contribution >= 4 is 0 Å². The minimum absolute atomic E-state index is 0.223. The Kier molecular flexibility index (Phi) is 3.26. The predicted molar refractivity (Wildman–Crippen MR) is 40.3 cm³/mol. The zero-order valence-corrected chi connectivity index (χ0v) is 6.73. The van der Waals surface area contributed by atoms with Gasteiger partial charge in [-0.25, -0.2) is 0 Å². The molecule has 66 valence electrons. The van der Waals surface area contributed by atoms with Gasteiger partial charge in [0.25, 0.3) is 0 Å². The highest BCUT2D eigenvalue weighted by molar-refractivity contribution is 4.75. The number of ether oxygens (including phenoxy) is 1. The van der Waals surface area contributed by atoms with Crippen molar-refractivity contribution in [1.29, 1.82) is 0 Å². The van der Waals surface area contributed by atoms with Crippen LogP contribution in [-0.2, 0) is 4.74 Å². The van der Waals surface area contributed by atoms with Gasteiger partial charge < -0.3 is 19.8 Å². The molecule has 0 aromatic carbocycles. The third-order valence-electron chi connectivity index (χ3n) is 1.91. The first kappa shape index (κ1) is 8.93. The highest BCUT2D eigenvalue weighted by Gasteiger charge is 2.24. The lowest BCUT2D eigenvalue weighted by molar-refractivity contribution is -0.0961. The van der Waals surface area contributed by atoms with E-state index in [9.17, 15) is 5.11 Å². The number of rotatable bonds is 2. The van der Waals surface area contributed by atoms with Gasteiger partial charge in [0, 0.05) is 13.1 Å². The fourth-order valence-corrected chi connectivity index (χ4v) is 1.16. The van der Waals surface area contributed by atoms with Gasteiger partial charge in [0.15, 0.2) is 0 Å². The van der Waals surface area contributed by atoms with E-state index in [0.29, 0.717) is 13.2 Å². The number of likely N-dealkylation sites (N-methyl/N-ethyl adjacent to an activating group) is 1. The molecule has 2 unspecified atom stereocenters. The maximum absolute atomic E-state index is 9.20. The summed E-state index contributed by atoms with van der Waals surface area (Å²) in [4.78, 5) is 2.08. The summed E-state index contributed by atoms with van der Waals surface area (Å²) in [6.45, 7) is 2.01. The molecule has 0 amide bonds. The summed E-state index contributed by atoms with van der Waals surface area (Å²) in [6.07, 6.45) is -0.962. The van der Waals surface area contributed by atoms with E-state index < -0.39 is 6.10 Å². The highest BCUT2D eigenvalue weighted by Crippen LogP contribution is 2.06. The number of aliphatic hydroxyl groups is 2. The Hall–Kier alpha value is -0.160. The monoisotopic (exact) mass is 161 g/mol. The lowest BCUT2D eigenvalue weighted by Gasteiger charge is -2.32. The molecular weight excluding hydrogens is 146 g/mol. The second-order valence-electron chi connectivity index (χ2n) is 2.92. The van der Waals surface area contributed by atoms with E-state index in [4.69, 9.17) is 9.84 Å². The molecule has 1 saturated heterocycles. The van der Waals surface area contributed by atoms with Crippen molar-refractivity contribution < 1.29 is 14.9 Å². The van der Waals surface area contributed by atoms with Crippen LogP contribution in [-0.4, -0.2) is 60.7 Å². The summed E-state index contributed by atoms with van der Waals surface area (Å²) in [7, 11) is 1.97. The zero-order chi connectivity index (χ0) is 8.27. The SMILES string of the molecule is CN1CCOC(C(O)CO)C1. The number of aliphatic hydroxyl groups excluding tert-OH is 2. The van der Waals surface area contributed by atoms with Gasteiger partial charge in [-0.3, -0.25) is 0 Å². The summed E-state index contributed by atoms with van der Waals surface area (Å²) in [5.74, 6) is 0. The molecule has 1 aliphatic heterocycles. The minimum Gasteiger partial charge on any atom is -0.394 e. The molecule has 4 nitrogen and oxygen atoms in total. The van der Waals surface area contributed by atoms with Crippen molar-refractivity contribution in [2.75, 3.05) is 33.4 Å². The predicted octanol–water partition coefficient (Wildman–Crippen LogP) is -1.33. The summed E-state index contributed by atoms with van der Waals surface area (Å²) < 4.78 is 5.25. The first-order chi connectivity index (χ1) is 5.24. The van der Waals surface area contributed by atoms with Crippen molar-refractivity contribution in [3.05, 3.63) is 0 Å². The smallest absolute Gasteiger partial charge is 0.104 e. The summed E-state index contributed by atoms with van der Waals surface area (Å²) >= 11 is 0. The van der Waals surface area contributed by atoms with Gasteiger partial charge in [0.1, 0.15) is 6.10 Å². The second kappa shape index (κ2) is 4.01. The number of hydrogen-bond donors (Lipinski definition) is 2. The minimum atomic E-state index is -0.738. The average molecular weight is 161 g/mol. The van der Waals surface area contributed by atoms with Crippen molar-refractivity contribution in [3.63, 3.8) is 0 Å². The molecule has 0 aromatic heterocycles. The van der Waals surface area contributed by atoms with Crippen molar-refractivity contribution in [2.24, 2.45) is 0 Å². The van der Waals surface area contributed by atoms with E-state index in [0.717, 1.165) is 6.54 Å². The molecule has 4 heteroatoms. The quantitative estimate of drug-likeness (QED) is 0.527. The maximum atomic E-state index is 9.20. The second-order valence-corrected chi connectivity index (χ2v) is 2.92. The standard InChI is InChI=1S/C7H15NO3/c1-8-2-3-11-7(4-8)6(10)5-9/h6-7,9-10H,2-5H2,1H3. The first-order valence-electron chi connectivity index (χ1n) is 3.83. The van der Waals surface area contributed by atoms with Crippen LogP contribution in [0.2, 0.25) is 0 Å². The third kappa shape index (κ3) is 2.41. The van der Waals surface area contributed by atoms with Crippen LogP contribution in [0.4, 0.5) is 0 Å². The molecule has 0 aromatic rings. The molecule has 11 heavy (non-hydrogen) atoms. The van der Waals surface area contributed by atoms with Crippen LogP contribution in [0.3, 0.4) is 0 Å². The average Bonchev–Trinajstić information content (AvgIpc) is 2.03. The van der Waals surface area contributed by atoms with Crippen molar-refractivity contribution in [3.8, 4) is 0 Å². The van der Waals surface area contributed by atoms with Gasteiger partial charge in [0.2, 0.25) is 0 Å². The Morgan fingerprint density at radius 1 is 1.73 bits per heavy atom. The van der Waals surface area contributed by atoms with Crippen molar-refractivity contribution in [2.45, 2.75) is 12.2 Å². The van der Waals surface area contributed by atoms with Crippen LogP contribution in [0.1, 0.15) is 0 Å². The molecule has 2 atom stereocenters. The van der Waals surface area contributed by atoms with Gasteiger partial charge in [-0.1, -0.05) is 0 Å². The lowest BCUT2D eigenvalue weighted by atomic mass is 10.2. The van der Waals surface area contributed by atoms with Crippen LogP contribution >= 0.6 is 0 Å². The molecular formula is C7H15NO3. The maximum Gasteiger partial charge on any atom is 0.104 e. The van der Waals surface area contributed by atoms with E-state index in [1.807, 2.05) is 7.05 Å². The van der Waals surface area contributed by atoms with Gasteiger partial charge in [-0.2, -0.15) is 0 Å². The fourth-order valence-electron chi connectivity index (χ4n) is 1.16. The molecule has 1 heterocycles. The van der Waals surface area contributed by atoms with E-state index in [1.165, 1.54) is 0 Å². The number of morpholine rings is 1. The van der Waals surface area contributed by atoms with Gasteiger partial charge in [-0.15, -0.1) is 0 Å². The lowest BCUT2D eigenvalue weighted by Crippen LogP contribution is -2.47. The number of hydrogen-bond acceptors (Lipinski definition) is 4. The zero-order valence-electron chi connectivity index (χ0n) is 6.73. The summed E-state index contributed by atoms with van der Waals surface area (Å²) in [6, 6.07) is 0. The largest absolute Gasteiger partial charge is 0.394 e. The third-order valence-corrected chi connectivity index (χ3v) is 1.91. The molecule has 0 saturated carbocycles. The van der Waals surface area contributed by atoms with Gasteiger partial charge in [-0.05, 0) is 7.05 Å². The van der Waals surface area contributed by atoms with Gasteiger partial charge >= 0.3 is 0 Å². The molecule has 2 N–H and O–H groups in total. The van der Waals surface area contributed by atoms with Crippen LogP contribution in [0.25, 0.3) is 0 Å². The molecule has 0 bridgehead atoms. The Labute approximate surface area is 66.4 Å². The normalized spacial score (nSPS) is 30.3. The molecule has 0 spiro atoms. The highest BCUT2D eigenvalue weighted by atomic mass is 16.5. The molecule has 0 radical (unpaired) electrons. The molecule has 1 aliphatic rings. The Morgan fingerprint density at radius 2 is 2.45 bits per heavy atom. The fraction of sp³-hybridized carbons (Fsp3) is 1.00.